The van der Waals surface area contributed by atoms with E-state index in [0.29, 0.717) is 6.61 Å². The Kier molecular flexibility index (Phi) is 5.48. The summed E-state index contributed by atoms with van der Waals surface area (Å²) in [6, 6.07) is 0.0231. The van der Waals surface area contributed by atoms with Gasteiger partial charge in [-0.15, -0.1) is 0 Å². The van der Waals surface area contributed by atoms with Crippen LogP contribution in [-0.2, 0) is 9.47 Å². The first-order chi connectivity index (χ1) is 5.97. The molecule has 4 nitrogen and oxygen atoms in total. The van der Waals surface area contributed by atoms with Gasteiger partial charge in [0.25, 0.3) is 0 Å². The van der Waals surface area contributed by atoms with Crippen molar-refractivity contribution in [3.63, 3.8) is 0 Å². The molecule has 0 aliphatic rings. The molecular weight excluding hydrogens is 168 g/mol. The highest BCUT2D eigenvalue weighted by molar-refractivity contribution is 4.84. The van der Waals surface area contributed by atoms with Gasteiger partial charge in [0.1, 0.15) is 0 Å². The minimum Gasteiger partial charge on any atom is -0.383 e. The normalized spacial score (nSPS) is 17.1. The van der Waals surface area contributed by atoms with Gasteiger partial charge in [0.05, 0.1) is 18.8 Å². The molecule has 0 aromatic heterocycles. The van der Waals surface area contributed by atoms with Crippen molar-refractivity contribution in [3.8, 4) is 0 Å². The summed E-state index contributed by atoms with van der Waals surface area (Å²) in [5.41, 5.74) is 2.76. The third-order valence-electron chi connectivity index (χ3n) is 2.03. The van der Waals surface area contributed by atoms with Gasteiger partial charge in [-0.25, -0.2) is 0 Å². The van der Waals surface area contributed by atoms with E-state index in [9.17, 15) is 0 Å². The molecule has 0 rings (SSSR count). The van der Waals surface area contributed by atoms with Gasteiger partial charge in [-0.3, -0.25) is 11.3 Å². The number of hydrazine groups is 1. The van der Waals surface area contributed by atoms with Crippen LogP contribution in [0.1, 0.15) is 20.8 Å². The van der Waals surface area contributed by atoms with Crippen molar-refractivity contribution < 1.29 is 9.47 Å². The molecule has 0 fully saturated rings. The number of hydrogen-bond donors (Lipinski definition) is 2. The molecule has 0 radical (unpaired) electrons. The molecule has 4 heteroatoms. The SMILES string of the molecule is COCC(NN)C(OC)C(C)(C)C. The largest absolute Gasteiger partial charge is 0.383 e. The fraction of sp³-hybridized carbons (Fsp3) is 1.00. The van der Waals surface area contributed by atoms with E-state index < -0.39 is 0 Å². The molecule has 0 spiro atoms. The van der Waals surface area contributed by atoms with E-state index in [1.165, 1.54) is 0 Å². The molecule has 0 saturated carbocycles. The Hall–Kier alpha value is -0.160. The van der Waals surface area contributed by atoms with Gasteiger partial charge in [-0.1, -0.05) is 20.8 Å². The van der Waals surface area contributed by atoms with Crippen molar-refractivity contribution in [3.05, 3.63) is 0 Å². The first-order valence-electron chi connectivity index (χ1n) is 4.45. The zero-order valence-corrected chi connectivity index (χ0v) is 9.26. The van der Waals surface area contributed by atoms with Gasteiger partial charge < -0.3 is 9.47 Å². The summed E-state index contributed by atoms with van der Waals surface area (Å²) in [5, 5.41) is 0. The topological polar surface area (TPSA) is 56.5 Å². The van der Waals surface area contributed by atoms with Crippen LogP contribution in [0.3, 0.4) is 0 Å². The Balaban J connectivity index is 4.34. The van der Waals surface area contributed by atoms with Crippen molar-refractivity contribution >= 4 is 0 Å². The first kappa shape index (κ1) is 12.8. The van der Waals surface area contributed by atoms with Crippen molar-refractivity contribution in [2.24, 2.45) is 11.3 Å². The van der Waals surface area contributed by atoms with E-state index in [4.69, 9.17) is 15.3 Å². The molecule has 0 saturated heterocycles. The summed E-state index contributed by atoms with van der Waals surface area (Å²) >= 11 is 0. The average Bonchev–Trinajstić information content (AvgIpc) is 2.01. The Morgan fingerprint density at radius 2 is 1.85 bits per heavy atom. The fourth-order valence-electron chi connectivity index (χ4n) is 1.52. The Labute approximate surface area is 80.7 Å². The molecule has 0 aromatic carbocycles. The molecule has 0 amide bonds. The zero-order chi connectivity index (χ0) is 10.5. The minimum absolute atomic E-state index is 0.0231. The Bertz CT molecular complexity index is 134. The van der Waals surface area contributed by atoms with E-state index in [-0.39, 0.29) is 17.6 Å². The number of nitrogens with one attached hydrogen (secondary N) is 1. The van der Waals surface area contributed by atoms with Crippen LogP contribution in [0.25, 0.3) is 0 Å². The van der Waals surface area contributed by atoms with Crippen LogP contribution < -0.4 is 11.3 Å². The van der Waals surface area contributed by atoms with Crippen LogP contribution in [-0.4, -0.2) is 33.0 Å². The lowest BCUT2D eigenvalue weighted by atomic mass is 9.85. The van der Waals surface area contributed by atoms with Crippen LogP contribution in [0.5, 0.6) is 0 Å². The molecule has 80 valence electrons. The molecule has 2 atom stereocenters. The molecule has 0 aromatic rings. The Morgan fingerprint density at radius 3 is 2.08 bits per heavy atom. The quantitative estimate of drug-likeness (QED) is 0.490. The van der Waals surface area contributed by atoms with E-state index >= 15 is 0 Å². The second-order valence-electron chi connectivity index (χ2n) is 4.25. The number of nitrogens with two attached hydrogens (primary N) is 1. The van der Waals surface area contributed by atoms with E-state index in [1.807, 2.05) is 0 Å². The number of rotatable bonds is 5. The molecule has 0 aliphatic carbocycles. The van der Waals surface area contributed by atoms with Crippen molar-refractivity contribution in [1.82, 2.24) is 5.43 Å². The predicted octanol–water partition coefficient (Wildman–Crippen LogP) is 0.526. The molecule has 2 unspecified atom stereocenters. The molecule has 3 N–H and O–H groups in total. The predicted molar refractivity (Wildman–Crippen MR) is 53.2 cm³/mol. The maximum atomic E-state index is 5.42. The average molecular weight is 190 g/mol. The van der Waals surface area contributed by atoms with Crippen molar-refractivity contribution in [2.75, 3.05) is 20.8 Å². The minimum atomic E-state index is 0.0231. The summed E-state index contributed by atoms with van der Waals surface area (Å²) in [7, 11) is 3.34. The van der Waals surface area contributed by atoms with Crippen LogP contribution in [0, 0.1) is 5.41 Å². The summed E-state index contributed by atoms with van der Waals surface area (Å²) in [6.45, 7) is 6.88. The highest BCUT2D eigenvalue weighted by atomic mass is 16.5. The highest BCUT2D eigenvalue weighted by Gasteiger charge is 2.31. The standard InChI is InChI=1S/C9H22N2O2/c1-9(2,3)8(13-5)7(11-10)6-12-4/h7-8,11H,6,10H2,1-5H3. The second-order valence-corrected chi connectivity index (χ2v) is 4.25. The summed E-state index contributed by atoms with van der Waals surface area (Å²) in [5.74, 6) is 5.42. The zero-order valence-electron chi connectivity index (χ0n) is 9.26. The van der Waals surface area contributed by atoms with E-state index in [1.54, 1.807) is 14.2 Å². The highest BCUT2D eigenvalue weighted by Crippen LogP contribution is 2.24. The lowest BCUT2D eigenvalue weighted by Crippen LogP contribution is -2.52. The molecule has 0 bridgehead atoms. The van der Waals surface area contributed by atoms with Crippen LogP contribution in [0.4, 0.5) is 0 Å². The number of ether oxygens (including phenoxy) is 2. The van der Waals surface area contributed by atoms with E-state index in [2.05, 4.69) is 26.2 Å². The van der Waals surface area contributed by atoms with E-state index in [0.717, 1.165) is 0 Å². The van der Waals surface area contributed by atoms with Gasteiger partial charge in [0, 0.05) is 14.2 Å². The van der Waals surface area contributed by atoms with Gasteiger partial charge in [0.2, 0.25) is 0 Å². The van der Waals surface area contributed by atoms with Gasteiger partial charge >= 0.3 is 0 Å². The molecule has 0 heterocycles. The van der Waals surface area contributed by atoms with Crippen molar-refractivity contribution in [1.29, 1.82) is 0 Å². The van der Waals surface area contributed by atoms with Crippen molar-refractivity contribution in [2.45, 2.75) is 32.9 Å². The maximum Gasteiger partial charge on any atom is 0.0808 e. The first-order valence-corrected chi connectivity index (χ1v) is 4.45. The van der Waals surface area contributed by atoms with Crippen LogP contribution in [0.15, 0.2) is 0 Å². The number of methoxy groups -OCH3 is 2. The fourth-order valence-corrected chi connectivity index (χ4v) is 1.52. The Morgan fingerprint density at radius 1 is 1.31 bits per heavy atom. The van der Waals surface area contributed by atoms with Gasteiger partial charge in [-0.2, -0.15) is 0 Å². The second kappa shape index (κ2) is 5.54. The molecular formula is C9H22N2O2. The third kappa shape index (κ3) is 4.04. The lowest BCUT2D eigenvalue weighted by molar-refractivity contribution is -0.0303. The smallest absolute Gasteiger partial charge is 0.0808 e. The third-order valence-corrected chi connectivity index (χ3v) is 2.03. The van der Waals surface area contributed by atoms with Crippen LogP contribution in [0.2, 0.25) is 0 Å². The lowest BCUT2D eigenvalue weighted by Gasteiger charge is -2.35. The summed E-state index contributed by atoms with van der Waals surface area (Å²) in [6.07, 6.45) is 0.0393. The van der Waals surface area contributed by atoms with Gasteiger partial charge in [-0.05, 0) is 5.41 Å². The van der Waals surface area contributed by atoms with Crippen LogP contribution >= 0.6 is 0 Å². The summed E-state index contributed by atoms with van der Waals surface area (Å²) < 4.78 is 10.4. The summed E-state index contributed by atoms with van der Waals surface area (Å²) in [4.78, 5) is 0. The monoisotopic (exact) mass is 190 g/mol. The molecule has 0 aliphatic heterocycles. The molecule has 13 heavy (non-hydrogen) atoms. The van der Waals surface area contributed by atoms with Gasteiger partial charge in [0.15, 0.2) is 0 Å². The number of hydrogen-bond acceptors (Lipinski definition) is 4. The maximum absolute atomic E-state index is 5.42.